The van der Waals surface area contributed by atoms with Crippen molar-refractivity contribution in [3.63, 3.8) is 0 Å². The number of hydrogen-bond acceptors (Lipinski definition) is 4. The molecular formula is C17H12Cl2N2O3. The number of aldehydes is 1. The van der Waals surface area contributed by atoms with Crippen LogP contribution in [0.3, 0.4) is 0 Å². The van der Waals surface area contributed by atoms with Crippen molar-refractivity contribution >= 4 is 35.4 Å². The molecule has 2 aromatic rings. The van der Waals surface area contributed by atoms with E-state index in [2.05, 4.69) is 5.32 Å². The summed E-state index contributed by atoms with van der Waals surface area (Å²) < 4.78 is 5.31. The minimum atomic E-state index is -0.964. The second-order valence-electron chi connectivity index (χ2n) is 4.72. The number of benzene rings is 2. The summed E-state index contributed by atoms with van der Waals surface area (Å²) in [7, 11) is 0. The van der Waals surface area contributed by atoms with E-state index in [1.54, 1.807) is 42.5 Å². The number of carbonyl (C=O) groups excluding carboxylic acids is 2. The van der Waals surface area contributed by atoms with Gasteiger partial charge in [-0.2, -0.15) is 5.26 Å². The van der Waals surface area contributed by atoms with Crippen LogP contribution >= 0.6 is 23.2 Å². The van der Waals surface area contributed by atoms with Gasteiger partial charge >= 0.3 is 0 Å². The van der Waals surface area contributed by atoms with E-state index in [9.17, 15) is 14.9 Å². The third kappa shape index (κ3) is 4.25. The van der Waals surface area contributed by atoms with E-state index in [4.69, 9.17) is 27.9 Å². The first-order valence-electron chi connectivity index (χ1n) is 6.86. The first-order chi connectivity index (χ1) is 11.6. The number of ether oxygens (including phenoxy) is 1. The van der Waals surface area contributed by atoms with Crippen LogP contribution in [-0.2, 0) is 4.79 Å². The maximum absolute atomic E-state index is 12.0. The highest BCUT2D eigenvalue weighted by Gasteiger charge is 2.18. The number of halogens is 2. The summed E-state index contributed by atoms with van der Waals surface area (Å²) >= 11 is 12.0. The molecule has 1 atom stereocenters. The Kier molecular flexibility index (Phi) is 6.19. The third-order valence-electron chi connectivity index (χ3n) is 3.13. The lowest BCUT2D eigenvalue weighted by atomic mass is 10.1. The maximum Gasteiger partial charge on any atom is 0.259 e. The van der Waals surface area contributed by atoms with E-state index in [0.717, 1.165) is 0 Å². The van der Waals surface area contributed by atoms with Gasteiger partial charge in [-0.25, -0.2) is 0 Å². The molecule has 1 unspecified atom stereocenters. The molecule has 0 saturated carbocycles. The Balaban J connectivity index is 2.04. The Hall–Kier alpha value is -2.55. The van der Waals surface area contributed by atoms with Crippen molar-refractivity contribution in [1.82, 2.24) is 5.32 Å². The fourth-order valence-corrected chi connectivity index (χ4v) is 2.40. The number of nitrogens with zero attached hydrogens (tertiary/aromatic N) is 1. The molecule has 1 N–H and O–H groups in total. The first-order valence-corrected chi connectivity index (χ1v) is 7.62. The summed E-state index contributed by atoms with van der Waals surface area (Å²) in [5.74, 6) is -0.241. The Morgan fingerprint density at radius 1 is 1.25 bits per heavy atom. The van der Waals surface area contributed by atoms with E-state index < -0.39 is 11.9 Å². The van der Waals surface area contributed by atoms with Gasteiger partial charge in [-0.05, 0) is 18.2 Å². The number of nitriles is 1. The van der Waals surface area contributed by atoms with Crippen LogP contribution in [0.2, 0.25) is 10.0 Å². The molecule has 0 aromatic heterocycles. The number of para-hydroxylation sites is 1. The molecule has 24 heavy (non-hydrogen) atoms. The minimum absolute atomic E-state index is 0.207. The van der Waals surface area contributed by atoms with E-state index in [1.165, 1.54) is 0 Å². The van der Waals surface area contributed by atoms with Crippen LogP contribution in [0.15, 0.2) is 42.5 Å². The third-order valence-corrected chi connectivity index (χ3v) is 3.97. The zero-order chi connectivity index (χ0) is 17.5. The van der Waals surface area contributed by atoms with Crippen molar-refractivity contribution in [3.05, 3.63) is 63.6 Å². The highest BCUT2D eigenvalue weighted by molar-refractivity contribution is 6.42. The number of rotatable bonds is 6. The largest absolute Gasteiger partial charge is 0.483 e. The van der Waals surface area contributed by atoms with Crippen LogP contribution in [0, 0.1) is 11.3 Å². The quantitative estimate of drug-likeness (QED) is 0.796. The molecule has 0 fully saturated rings. The van der Waals surface area contributed by atoms with Crippen molar-refractivity contribution in [2.24, 2.45) is 0 Å². The monoisotopic (exact) mass is 362 g/mol. The highest BCUT2D eigenvalue weighted by atomic mass is 35.5. The van der Waals surface area contributed by atoms with Gasteiger partial charge in [0.2, 0.25) is 0 Å². The molecule has 2 aromatic carbocycles. The molecule has 1 amide bonds. The summed E-state index contributed by atoms with van der Waals surface area (Å²) in [5, 5.41) is 12.3. The Labute approximate surface area is 148 Å². The van der Waals surface area contributed by atoms with E-state index >= 15 is 0 Å². The smallest absolute Gasteiger partial charge is 0.259 e. The summed E-state index contributed by atoms with van der Waals surface area (Å²) in [6.07, 6.45) is 0.636. The molecule has 5 nitrogen and oxygen atoms in total. The maximum atomic E-state index is 12.0. The fourth-order valence-electron chi connectivity index (χ4n) is 1.98. The fraction of sp³-hybridized carbons (Fsp3) is 0.118. The molecule has 0 saturated heterocycles. The van der Waals surface area contributed by atoms with Gasteiger partial charge in [0, 0.05) is 5.56 Å². The number of carbonyl (C=O) groups is 2. The van der Waals surface area contributed by atoms with Gasteiger partial charge in [-0.3, -0.25) is 9.59 Å². The molecule has 7 heteroatoms. The van der Waals surface area contributed by atoms with Crippen molar-refractivity contribution in [1.29, 1.82) is 5.26 Å². The second kappa shape index (κ2) is 8.34. The van der Waals surface area contributed by atoms with Crippen molar-refractivity contribution in [2.45, 2.75) is 6.04 Å². The van der Waals surface area contributed by atoms with Crippen LogP contribution in [0.1, 0.15) is 22.0 Å². The standard InChI is InChI=1S/C17H12Cl2N2O3/c18-13-6-3-5-12(17(13)19)14(8-20)21-16(23)10-24-15-7-2-1-4-11(15)9-22/h1-7,9,14H,10H2,(H,21,23). The molecule has 0 aliphatic carbocycles. The SMILES string of the molecule is N#CC(NC(=O)COc1ccccc1C=O)c1cccc(Cl)c1Cl. The van der Waals surface area contributed by atoms with Gasteiger partial charge < -0.3 is 10.1 Å². The predicted molar refractivity (Wildman–Crippen MR) is 90.3 cm³/mol. The van der Waals surface area contributed by atoms with Crippen LogP contribution in [0.25, 0.3) is 0 Å². The minimum Gasteiger partial charge on any atom is -0.483 e. The van der Waals surface area contributed by atoms with Crippen LogP contribution in [0.5, 0.6) is 5.75 Å². The molecule has 0 bridgehead atoms. The first kappa shape index (κ1) is 17.8. The van der Waals surface area contributed by atoms with Gasteiger partial charge in [-0.1, -0.05) is 47.5 Å². The predicted octanol–water partition coefficient (Wildman–Crippen LogP) is 3.57. The van der Waals surface area contributed by atoms with Gasteiger partial charge in [-0.15, -0.1) is 0 Å². The average Bonchev–Trinajstić information content (AvgIpc) is 2.60. The summed E-state index contributed by atoms with van der Waals surface area (Å²) in [6, 6.07) is 12.3. The topological polar surface area (TPSA) is 79.2 Å². The van der Waals surface area contributed by atoms with Crippen molar-refractivity contribution in [2.75, 3.05) is 6.61 Å². The second-order valence-corrected chi connectivity index (χ2v) is 5.50. The van der Waals surface area contributed by atoms with E-state index in [-0.39, 0.29) is 17.4 Å². The Bertz CT molecular complexity index is 803. The molecule has 122 valence electrons. The van der Waals surface area contributed by atoms with Gasteiger partial charge in [0.05, 0.1) is 21.7 Å². The summed E-state index contributed by atoms with van der Waals surface area (Å²) in [6.45, 7) is -0.346. The number of hydrogen-bond donors (Lipinski definition) is 1. The lowest BCUT2D eigenvalue weighted by molar-refractivity contribution is -0.123. The normalized spacial score (nSPS) is 11.2. The highest BCUT2D eigenvalue weighted by Crippen LogP contribution is 2.29. The Morgan fingerprint density at radius 2 is 2.00 bits per heavy atom. The number of nitrogens with one attached hydrogen (secondary N) is 1. The lowest BCUT2D eigenvalue weighted by Crippen LogP contribution is -2.32. The van der Waals surface area contributed by atoms with Crippen LogP contribution in [-0.4, -0.2) is 18.8 Å². The molecule has 0 aliphatic rings. The summed E-state index contributed by atoms with van der Waals surface area (Å²) in [4.78, 5) is 22.9. The van der Waals surface area contributed by atoms with E-state index in [0.29, 0.717) is 22.4 Å². The van der Waals surface area contributed by atoms with Gasteiger partial charge in [0.15, 0.2) is 12.9 Å². The summed E-state index contributed by atoms with van der Waals surface area (Å²) in [5.41, 5.74) is 0.730. The molecule has 0 heterocycles. The van der Waals surface area contributed by atoms with Gasteiger partial charge in [0.25, 0.3) is 5.91 Å². The van der Waals surface area contributed by atoms with E-state index in [1.807, 2.05) is 6.07 Å². The average molecular weight is 363 g/mol. The zero-order valence-electron chi connectivity index (χ0n) is 12.3. The van der Waals surface area contributed by atoms with Gasteiger partial charge in [0.1, 0.15) is 11.8 Å². The zero-order valence-corrected chi connectivity index (χ0v) is 13.8. The van der Waals surface area contributed by atoms with Crippen molar-refractivity contribution in [3.8, 4) is 11.8 Å². The molecule has 2 rings (SSSR count). The lowest BCUT2D eigenvalue weighted by Gasteiger charge is -2.15. The van der Waals surface area contributed by atoms with Crippen LogP contribution in [0.4, 0.5) is 0 Å². The van der Waals surface area contributed by atoms with Crippen LogP contribution < -0.4 is 10.1 Å². The molecule has 0 radical (unpaired) electrons. The Morgan fingerprint density at radius 3 is 2.71 bits per heavy atom. The van der Waals surface area contributed by atoms with Crippen molar-refractivity contribution < 1.29 is 14.3 Å². The molecular weight excluding hydrogens is 351 g/mol. The number of amides is 1. The molecule has 0 aliphatic heterocycles. The molecule has 0 spiro atoms.